The van der Waals surface area contributed by atoms with E-state index in [0.29, 0.717) is 0 Å². The first-order valence-electron chi connectivity index (χ1n) is 3.11. The normalized spacial score (nSPS) is 11.2. The van der Waals surface area contributed by atoms with Gasteiger partial charge < -0.3 is 9.84 Å². The highest BCUT2D eigenvalue weighted by atomic mass is 19.2. The van der Waals surface area contributed by atoms with Crippen molar-refractivity contribution in [2.45, 2.75) is 5.92 Å². The maximum absolute atomic E-state index is 12.8. The number of nitro groups is 2. The molecule has 76 valence electrons. The smallest absolute Gasteiger partial charge is 0.394 e. The highest BCUT2D eigenvalue weighted by molar-refractivity contribution is 4.49. The Morgan fingerprint density at radius 3 is 2.15 bits per heavy atom. The number of rotatable bonds is 6. The molecule has 0 atom stereocenters. The van der Waals surface area contributed by atoms with Gasteiger partial charge >= 0.3 is 5.92 Å². The quantitative estimate of drug-likeness (QED) is 0.196. The van der Waals surface area contributed by atoms with E-state index in [1.54, 1.807) is 0 Å². The van der Waals surface area contributed by atoms with Crippen molar-refractivity contribution < 1.29 is 24.1 Å². The van der Waals surface area contributed by atoms with Gasteiger partial charge in [0.2, 0.25) is 6.61 Å². The number of aliphatic hydroxyl groups is 1. The van der Waals surface area contributed by atoms with Crippen LogP contribution in [0.15, 0.2) is 0 Å². The van der Waals surface area contributed by atoms with Gasteiger partial charge in [-0.2, -0.15) is 0 Å². The summed E-state index contributed by atoms with van der Waals surface area (Å²) >= 11 is 0. The van der Waals surface area contributed by atoms with Gasteiger partial charge in [-0.1, -0.05) is 4.39 Å². The number of alkyl halides is 1. The van der Waals surface area contributed by atoms with Gasteiger partial charge in [0.05, 0.1) is 13.2 Å². The Bertz CT molecular complexity index is 195. The highest BCUT2D eigenvalue weighted by Crippen LogP contribution is 2.12. The number of ether oxygens (including phenoxy) is 1. The van der Waals surface area contributed by atoms with Gasteiger partial charge in [-0.15, -0.1) is 0 Å². The largest absolute Gasteiger partial charge is 0.637 e. The van der Waals surface area contributed by atoms with Gasteiger partial charge in [0.1, 0.15) is 9.85 Å². The van der Waals surface area contributed by atoms with Crippen LogP contribution in [0.1, 0.15) is 0 Å². The van der Waals surface area contributed by atoms with Crippen molar-refractivity contribution in [1.29, 1.82) is 0 Å². The van der Waals surface area contributed by atoms with Crippen LogP contribution in [-0.4, -0.2) is 40.7 Å². The number of aliphatic hydroxyl groups excluding tert-OH is 1. The van der Waals surface area contributed by atoms with Crippen molar-refractivity contribution in [2.24, 2.45) is 0 Å². The average molecular weight is 198 g/mol. The maximum Gasteiger partial charge on any atom is 0.637 e. The van der Waals surface area contributed by atoms with Crippen LogP contribution in [0.2, 0.25) is 0 Å². The first-order valence-corrected chi connectivity index (χ1v) is 3.11. The molecule has 0 amide bonds. The fraction of sp³-hybridized carbons (Fsp3) is 1.00. The summed E-state index contributed by atoms with van der Waals surface area (Å²) in [5, 5.41) is 28.0. The lowest BCUT2D eigenvalue weighted by Crippen LogP contribution is -2.46. The first kappa shape index (κ1) is 11.6. The van der Waals surface area contributed by atoms with E-state index in [4.69, 9.17) is 5.11 Å². The topological polar surface area (TPSA) is 116 Å². The third kappa shape index (κ3) is 2.87. The minimum atomic E-state index is -3.84. The van der Waals surface area contributed by atoms with Crippen molar-refractivity contribution in [3.63, 3.8) is 0 Å². The molecule has 0 bridgehead atoms. The molecule has 0 fully saturated rings. The average Bonchev–Trinajstić information content (AvgIpc) is 2.03. The van der Waals surface area contributed by atoms with Gasteiger partial charge in [0.15, 0.2) is 0 Å². The second-order valence-electron chi connectivity index (χ2n) is 2.01. The summed E-state index contributed by atoms with van der Waals surface area (Å²) in [7, 11) is 0. The molecule has 0 aliphatic carbocycles. The van der Waals surface area contributed by atoms with Gasteiger partial charge in [-0.25, -0.2) is 0 Å². The second-order valence-corrected chi connectivity index (χ2v) is 2.01. The van der Waals surface area contributed by atoms with E-state index in [9.17, 15) is 24.6 Å². The number of halogens is 1. The van der Waals surface area contributed by atoms with Gasteiger partial charge in [0.25, 0.3) is 0 Å². The summed E-state index contributed by atoms with van der Waals surface area (Å²) < 4.78 is 16.9. The molecule has 1 N–H and O–H groups in total. The van der Waals surface area contributed by atoms with Crippen LogP contribution in [-0.2, 0) is 4.74 Å². The van der Waals surface area contributed by atoms with E-state index in [0.717, 1.165) is 0 Å². The minimum Gasteiger partial charge on any atom is -0.394 e. The SMILES string of the molecule is O=[N+]([O-])C(F)(COCCO)[N+](=O)[O-]. The predicted molar refractivity (Wildman–Crippen MR) is 35.7 cm³/mol. The number of hydrogen-bond donors (Lipinski definition) is 1. The number of nitrogens with zero attached hydrogens (tertiary/aromatic N) is 2. The maximum atomic E-state index is 12.8. The second kappa shape index (κ2) is 4.62. The fourth-order valence-electron chi connectivity index (χ4n) is 0.439. The molecule has 0 rings (SSSR count). The Kier molecular flexibility index (Phi) is 4.14. The molecule has 9 heteroatoms. The van der Waals surface area contributed by atoms with E-state index in [-0.39, 0.29) is 0 Å². The summed E-state index contributed by atoms with van der Waals surface area (Å²) in [4.78, 5) is 16.4. The van der Waals surface area contributed by atoms with Crippen LogP contribution in [0, 0.1) is 20.2 Å². The molecule has 0 saturated carbocycles. The molecular weight excluding hydrogens is 191 g/mol. The summed E-state index contributed by atoms with van der Waals surface area (Å²) in [6.07, 6.45) is 0. The van der Waals surface area contributed by atoms with E-state index in [1.165, 1.54) is 0 Å². The molecule has 0 heterocycles. The zero-order chi connectivity index (χ0) is 10.5. The van der Waals surface area contributed by atoms with Crippen LogP contribution in [0.25, 0.3) is 0 Å². The van der Waals surface area contributed by atoms with E-state index < -0.39 is 35.6 Å². The zero-order valence-corrected chi connectivity index (χ0v) is 6.38. The van der Waals surface area contributed by atoms with E-state index in [1.807, 2.05) is 0 Å². The molecule has 8 nitrogen and oxygen atoms in total. The summed E-state index contributed by atoms with van der Waals surface area (Å²) in [6.45, 7) is -2.22. The summed E-state index contributed by atoms with van der Waals surface area (Å²) in [6, 6.07) is 0. The molecule has 0 aromatic rings. The van der Waals surface area contributed by atoms with Crippen molar-refractivity contribution in [3.05, 3.63) is 20.2 Å². The van der Waals surface area contributed by atoms with Crippen LogP contribution in [0.5, 0.6) is 0 Å². The van der Waals surface area contributed by atoms with Crippen LogP contribution >= 0.6 is 0 Å². The predicted octanol–water partition coefficient (Wildman–Crippen LogP) is -0.828. The zero-order valence-electron chi connectivity index (χ0n) is 6.38. The fourth-order valence-corrected chi connectivity index (χ4v) is 0.439. The van der Waals surface area contributed by atoms with Gasteiger partial charge in [-0.05, 0) is 0 Å². The van der Waals surface area contributed by atoms with E-state index in [2.05, 4.69) is 4.74 Å². The van der Waals surface area contributed by atoms with Crippen LogP contribution in [0.3, 0.4) is 0 Å². The Balaban J connectivity index is 4.26. The Labute approximate surface area is 71.2 Å². The molecule has 13 heavy (non-hydrogen) atoms. The molecule has 0 aliphatic rings. The lowest BCUT2D eigenvalue weighted by molar-refractivity contribution is -0.833. The molecule has 0 aromatic heterocycles. The first-order chi connectivity index (χ1) is 5.95. The van der Waals surface area contributed by atoms with Crippen LogP contribution < -0.4 is 0 Å². The van der Waals surface area contributed by atoms with Crippen molar-refractivity contribution >= 4 is 0 Å². The Hall–Kier alpha value is -1.35. The molecule has 0 aromatic carbocycles. The van der Waals surface area contributed by atoms with Crippen molar-refractivity contribution in [3.8, 4) is 0 Å². The molecule has 0 saturated heterocycles. The molecule has 0 spiro atoms. The number of hydrogen-bond acceptors (Lipinski definition) is 6. The van der Waals surface area contributed by atoms with Gasteiger partial charge in [-0.3, -0.25) is 20.2 Å². The monoisotopic (exact) mass is 198 g/mol. The standard InChI is InChI=1S/C4H7FN2O6/c5-4(6(9)10,7(11)12)3-13-2-1-8/h8H,1-3H2. The Morgan fingerprint density at radius 1 is 1.38 bits per heavy atom. The lowest BCUT2D eigenvalue weighted by atomic mass is 10.5. The lowest BCUT2D eigenvalue weighted by Gasteiger charge is -2.07. The summed E-state index contributed by atoms with van der Waals surface area (Å²) in [5.74, 6) is -3.84. The third-order valence-electron chi connectivity index (χ3n) is 1.08. The molecule has 0 aliphatic heterocycles. The van der Waals surface area contributed by atoms with Crippen molar-refractivity contribution in [2.75, 3.05) is 19.8 Å². The molecule has 0 unspecified atom stereocenters. The molecule has 0 radical (unpaired) electrons. The highest BCUT2D eigenvalue weighted by Gasteiger charge is 2.58. The van der Waals surface area contributed by atoms with Crippen LogP contribution in [0.4, 0.5) is 4.39 Å². The van der Waals surface area contributed by atoms with Crippen molar-refractivity contribution in [1.82, 2.24) is 0 Å². The van der Waals surface area contributed by atoms with E-state index >= 15 is 0 Å². The summed E-state index contributed by atoms with van der Waals surface area (Å²) in [5.41, 5.74) is 0. The Morgan fingerprint density at radius 2 is 1.85 bits per heavy atom. The third-order valence-corrected chi connectivity index (χ3v) is 1.08. The van der Waals surface area contributed by atoms with Gasteiger partial charge in [0, 0.05) is 0 Å². The minimum absolute atomic E-state index is 0.395. The molecular formula is C4H7FN2O6.